The van der Waals surface area contributed by atoms with Gasteiger partial charge in [0.1, 0.15) is 21.4 Å². The third-order valence-electron chi connectivity index (χ3n) is 4.87. The van der Waals surface area contributed by atoms with Crippen LogP contribution in [0.3, 0.4) is 0 Å². The van der Waals surface area contributed by atoms with E-state index in [9.17, 15) is 13.4 Å². The van der Waals surface area contributed by atoms with Gasteiger partial charge in [0.05, 0.1) is 24.7 Å². The summed E-state index contributed by atoms with van der Waals surface area (Å²) in [6.07, 6.45) is 4.07. The molecule has 0 radical (unpaired) electrons. The lowest BCUT2D eigenvalue weighted by atomic mass is 10.2. The van der Waals surface area contributed by atoms with Crippen molar-refractivity contribution in [1.82, 2.24) is 14.3 Å². The van der Waals surface area contributed by atoms with Crippen LogP contribution in [0.25, 0.3) is 0 Å². The molecule has 1 aromatic heterocycles. The molecule has 1 unspecified atom stereocenters. The number of carbonyl (C=O) groups excluding carboxylic acids is 1. The van der Waals surface area contributed by atoms with Gasteiger partial charge in [0.2, 0.25) is 11.8 Å². The Morgan fingerprint density at radius 1 is 1.35 bits per heavy atom. The van der Waals surface area contributed by atoms with Crippen molar-refractivity contribution in [3.05, 3.63) is 47.7 Å². The third-order valence-corrected chi connectivity index (χ3v) is 7.20. The van der Waals surface area contributed by atoms with Crippen LogP contribution in [-0.2, 0) is 15.7 Å². The van der Waals surface area contributed by atoms with Gasteiger partial charge < -0.3 is 15.8 Å². The molecule has 180 valence electrons. The largest absolute Gasteiger partial charge is 0.463 e. The normalized spacial score (nSPS) is 18.2. The number of ether oxygens (including phenoxy) is 1. The van der Waals surface area contributed by atoms with Crippen molar-refractivity contribution in [3.63, 3.8) is 0 Å². The molecule has 0 saturated heterocycles. The van der Waals surface area contributed by atoms with E-state index in [-0.39, 0.29) is 35.5 Å². The molecule has 10 nitrogen and oxygen atoms in total. The smallest absolute Gasteiger partial charge is 0.275 e. The first-order valence-corrected chi connectivity index (χ1v) is 12.1. The molecule has 0 spiro atoms. The van der Waals surface area contributed by atoms with Gasteiger partial charge in [-0.3, -0.25) is 14.1 Å². The highest BCUT2D eigenvalue weighted by molar-refractivity contribution is 7.91. The summed E-state index contributed by atoms with van der Waals surface area (Å²) in [5, 5.41) is 2.65. The average molecular weight is 488 g/mol. The number of nitrogens with two attached hydrogens (primary N) is 1. The molecule has 1 aliphatic heterocycles. The number of nitrogens with zero attached hydrogens (tertiary/aromatic N) is 5. The Hall–Kier alpha value is -3.72. The van der Waals surface area contributed by atoms with Crippen molar-refractivity contribution in [1.29, 1.82) is 0 Å². The van der Waals surface area contributed by atoms with E-state index in [1.165, 1.54) is 41.9 Å². The number of guanidine groups is 1. The van der Waals surface area contributed by atoms with Crippen LogP contribution in [-0.4, -0.2) is 57.1 Å². The summed E-state index contributed by atoms with van der Waals surface area (Å²) in [6.45, 7) is 2.65. The lowest BCUT2D eigenvalue weighted by Gasteiger charge is -2.25. The molecule has 0 saturated carbocycles. The van der Waals surface area contributed by atoms with Crippen LogP contribution in [0.2, 0.25) is 0 Å². The lowest BCUT2D eigenvalue weighted by Crippen LogP contribution is -2.42. The summed E-state index contributed by atoms with van der Waals surface area (Å²) in [5.74, 6) is 4.44. The average Bonchev–Trinajstić information content (AvgIpc) is 3.02. The molecule has 12 heteroatoms. The first kappa shape index (κ1) is 24.9. The molecule has 3 N–H and O–H groups in total. The number of benzene rings is 1. The summed E-state index contributed by atoms with van der Waals surface area (Å²) < 4.78 is 39.3. The minimum absolute atomic E-state index is 0.0441. The van der Waals surface area contributed by atoms with Crippen LogP contribution in [0.15, 0.2) is 39.9 Å². The predicted octanol–water partition coefficient (Wildman–Crippen LogP) is 2.19. The Kier molecular flexibility index (Phi) is 8.37. The fourth-order valence-electron chi connectivity index (χ4n) is 3.13. The number of anilines is 1. The minimum Gasteiger partial charge on any atom is -0.463 e. The lowest BCUT2D eigenvalue weighted by molar-refractivity contribution is 0.102. The van der Waals surface area contributed by atoms with Crippen molar-refractivity contribution in [2.45, 2.75) is 25.5 Å². The van der Waals surface area contributed by atoms with Crippen LogP contribution in [0.5, 0.6) is 5.88 Å². The number of nitrogens with one attached hydrogen (secondary N) is 1. The van der Waals surface area contributed by atoms with E-state index in [1.807, 2.05) is 0 Å². The topological polar surface area (TPSA) is 135 Å². The van der Waals surface area contributed by atoms with E-state index >= 15 is 0 Å². The zero-order chi connectivity index (χ0) is 24.6. The molecule has 1 atom stereocenters. The Morgan fingerprint density at radius 3 is 2.88 bits per heavy atom. The Bertz CT molecular complexity index is 1250. The first-order valence-electron chi connectivity index (χ1n) is 10.5. The van der Waals surface area contributed by atoms with Crippen LogP contribution in [0.1, 0.15) is 35.8 Å². The van der Waals surface area contributed by atoms with Gasteiger partial charge in [0.25, 0.3) is 5.91 Å². The van der Waals surface area contributed by atoms with E-state index < -0.39 is 21.6 Å². The summed E-state index contributed by atoms with van der Waals surface area (Å²) in [6, 6.07) is 4.03. The van der Waals surface area contributed by atoms with Gasteiger partial charge in [0.15, 0.2) is 6.61 Å². The van der Waals surface area contributed by atoms with Gasteiger partial charge in [-0.15, -0.1) is 5.92 Å². The van der Waals surface area contributed by atoms with Crippen molar-refractivity contribution < 1.29 is 18.1 Å². The van der Waals surface area contributed by atoms with Crippen molar-refractivity contribution >= 4 is 27.5 Å². The van der Waals surface area contributed by atoms with E-state index in [0.29, 0.717) is 18.8 Å². The van der Waals surface area contributed by atoms with Crippen molar-refractivity contribution in [2.75, 3.05) is 32.1 Å². The number of aromatic nitrogens is 2. The molecule has 1 amide bonds. The number of halogens is 1. The molecule has 1 aliphatic rings. The molecule has 2 aromatic rings. The maximum Gasteiger partial charge on any atom is 0.275 e. The van der Waals surface area contributed by atoms with E-state index in [1.54, 1.807) is 6.92 Å². The second-order valence-electron chi connectivity index (χ2n) is 7.21. The van der Waals surface area contributed by atoms with E-state index in [4.69, 9.17) is 10.5 Å². The maximum absolute atomic E-state index is 14.6. The predicted molar refractivity (Wildman–Crippen MR) is 128 cm³/mol. The second kappa shape index (κ2) is 11.4. The Balaban J connectivity index is 1.78. The van der Waals surface area contributed by atoms with Gasteiger partial charge >= 0.3 is 0 Å². The first-order chi connectivity index (χ1) is 16.4. The minimum atomic E-state index is -3.06. The highest BCUT2D eigenvalue weighted by atomic mass is 32.2. The van der Waals surface area contributed by atoms with Crippen LogP contribution >= 0.6 is 0 Å². The highest BCUT2D eigenvalue weighted by Gasteiger charge is 2.26. The van der Waals surface area contributed by atoms with Gasteiger partial charge in [0, 0.05) is 24.8 Å². The fourth-order valence-corrected chi connectivity index (χ4v) is 5.35. The van der Waals surface area contributed by atoms with Crippen LogP contribution < -0.4 is 15.8 Å². The molecule has 0 aliphatic carbocycles. The van der Waals surface area contributed by atoms with Gasteiger partial charge in [-0.25, -0.2) is 22.9 Å². The quantitative estimate of drug-likeness (QED) is 0.364. The Labute approximate surface area is 198 Å². The van der Waals surface area contributed by atoms with Crippen molar-refractivity contribution in [3.8, 4) is 17.7 Å². The second-order valence-corrected chi connectivity index (χ2v) is 9.41. The van der Waals surface area contributed by atoms with Gasteiger partial charge in [-0.05, 0) is 38.0 Å². The molecule has 2 heterocycles. The summed E-state index contributed by atoms with van der Waals surface area (Å²) >= 11 is 0. The fraction of sp³-hybridized carbons (Fsp3) is 0.364. The molecule has 3 rings (SSSR count). The SMILES string of the molecule is CC#CCOc1cnc(C(=O)Nc2ccc(F)c(CS3(=O)=NCCCCN3C(N)=NC)c2)cn1. The standard InChI is InChI=1S/C22H26FN7O3S/c1-3-4-11-33-20-14-26-19(13-27-20)21(31)29-17-7-8-18(23)16(12-17)15-34(32)28-9-5-6-10-30(34)22(24)25-2/h7-8,12-14H,5-6,9-11,15H2,1-2H3,(H2,24,25)(H,29,31). The number of hydrogen-bond donors (Lipinski definition) is 2. The number of amides is 1. The van der Waals surface area contributed by atoms with Crippen LogP contribution in [0, 0.1) is 17.7 Å². The third kappa shape index (κ3) is 6.20. The zero-order valence-corrected chi connectivity index (χ0v) is 19.8. The van der Waals surface area contributed by atoms with Gasteiger partial charge in [-0.1, -0.05) is 5.92 Å². The van der Waals surface area contributed by atoms with Crippen molar-refractivity contribution in [2.24, 2.45) is 15.1 Å². The summed E-state index contributed by atoms with van der Waals surface area (Å²) in [7, 11) is -1.56. The van der Waals surface area contributed by atoms with Crippen LogP contribution in [0.4, 0.5) is 10.1 Å². The molecule has 0 bridgehead atoms. The molecule has 34 heavy (non-hydrogen) atoms. The monoisotopic (exact) mass is 487 g/mol. The number of rotatable bonds is 6. The number of hydrogen-bond acceptors (Lipinski definition) is 7. The highest BCUT2D eigenvalue weighted by Crippen LogP contribution is 2.23. The van der Waals surface area contributed by atoms with Gasteiger partial charge in [-0.2, -0.15) is 0 Å². The summed E-state index contributed by atoms with van der Waals surface area (Å²) in [5.41, 5.74) is 6.43. The maximum atomic E-state index is 14.6. The zero-order valence-electron chi connectivity index (χ0n) is 19.0. The molecular formula is C22H26FN7O3S. The van der Waals surface area contributed by atoms with E-state index in [0.717, 1.165) is 12.8 Å². The molecule has 0 fully saturated rings. The molecule has 1 aromatic carbocycles. The Morgan fingerprint density at radius 2 is 2.18 bits per heavy atom. The molecular weight excluding hydrogens is 461 g/mol. The number of aliphatic imine (C=N–C) groups is 1. The number of carbonyl (C=O) groups is 1. The van der Waals surface area contributed by atoms with E-state index in [2.05, 4.69) is 36.5 Å². The summed E-state index contributed by atoms with van der Waals surface area (Å²) in [4.78, 5) is 24.6.